The molecule has 0 unspecified atom stereocenters. The lowest BCUT2D eigenvalue weighted by atomic mass is 10.1. The highest BCUT2D eigenvalue weighted by Crippen LogP contribution is 2.29. The van der Waals surface area contributed by atoms with Crippen LogP contribution in [-0.2, 0) is 0 Å². The van der Waals surface area contributed by atoms with E-state index in [0.29, 0.717) is 12.4 Å². The van der Waals surface area contributed by atoms with E-state index in [2.05, 4.69) is 0 Å². The van der Waals surface area contributed by atoms with Crippen molar-refractivity contribution < 1.29 is 19.3 Å². The average Bonchev–Trinajstić information content (AvgIpc) is 2.78. The van der Waals surface area contributed by atoms with Crippen LogP contribution in [0.5, 0.6) is 34.5 Å². The van der Waals surface area contributed by atoms with Crippen molar-refractivity contribution in [3.63, 3.8) is 0 Å². The van der Waals surface area contributed by atoms with E-state index in [1.807, 2.05) is 79.7 Å². The number of aromatic hydroxyl groups is 1. The van der Waals surface area contributed by atoms with Crippen molar-refractivity contribution in [3.05, 3.63) is 97.1 Å². The molecule has 0 atom stereocenters. The maximum absolute atomic E-state index is 9.35. The van der Waals surface area contributed by atoms with Crippen molar-refractivity contribution in [1.29, 1.82) is 0 Å². The molecule has 0 aliphatic rings. The van der Waals surface area contributed by atoms with Gasteiger partial charge in [0.2, 0.25) is 0 Å². The van der Waals surface area contributed by atoms with Crippen LogP contribution in [0, 0.1) is 0 Å². The molecule has 0 radical (unpaired) electrons. The van der Waals surface area contributed by atoms with Crippen LogP contribution in [0.1, 0.15) is 6.92 Å². The minimum atomic E-state index is 0.215. The summed E-state index contributed by atoms with van der Waals surface area (Å²) < 4.78 is 17.1. The van der Waals surface area contributed by atoms with Crippen molar-refractivity contribution in [1.82, 2.24) is 0 Å². The summed E-state index contributed by atoms with van der Waals surface area (Å²) in [7, 11) is 0. The molecule has 0 heterocycles. The smallest absolute Gasteiger partial charge is 0.127 e. The Morgan fingerprint density at radius 3 is 1.23 bits per heavy atom. The molecule has 0 saturated carbocycles. The molecular weight excluding hydrogens is 376 g/mol. The zero-order valence-electron chi connectivity index (χ0n) is 16.6. The molecule has 30 heavy (non-hydrogen) atoms. The molecule has 0 saturated heterocycles. The molecule has 1 N–H and O–H groups in total. The topological polar surface area (TPSA) is 47.9 Å². The number of ether oxygens (including phenoxy) is 3. The number of phenols is 1. The first-order valence-corrected chi connectivity index (χ1v) is 9.78. The molecule has 0 bridgehead atoms. The lowest BCUT2D eigenvalue weighted by molar-refractivity contribution is 0.339. The van der Waals surface area contributed by atoms with Crippen LogP contribution >= 0.6 is 0 Å². The van der Waals surface area contributed by atoms with Crippen molar-refractivity contribution in [2.75, 3.05) is 6.61 Å². The fourth-order valence-electron chi connectivity index (χ4n) is 2.99. The standard InChI is InChI=1S/C26H22O4/c1-2-28-22-15-17-26(18-16-22)30-24-11-5-20(6-12-24)19-3-9-23(10-4-19)29-25-13-7-21(27)8-14-25/h3-18,27H,2H2,1H3. The van der Waals surface area contributed by atoms with E-state index in [1.165, 1.54) is 0 Å². The third-order valence-corrected chi connectivity index (χ3v) is 4.48. The van der Waals surface area contributed by atoms with Gasteiger partial charge in [-0.1, -0.05) is 24.3 Å². The Labute approximate surface area is 175 Å². The molecule has 0 fully saturated rings. The van der Waals surface area contributed by atoms with Crippen LogP contribution in [0.3, 0.4) is 0 Å². The summed E-state index contributed by atoms with van der Waals surface area (Å²) in [6, 6.07) is 30.1. The van der Waals surface area contributed by atoms with Crippen molar-refractivity contribution in [2.45, 2.75) is 6.92 Å². The van der Waals surface area contributed by atoms with Gasteiger partial charge in [-0.2, -0.15) is 0 Å². The number of phenolic OH excluding ortho intramolecular Hbond substituents is 1. The Hall–Kier alpha value is -3.92. The predicted octanol–water partition coefficient (Wildman–Crippen LogP) is 7.04. The molecular formula is C26H22O4. The molecule has 0 spiro atoms. The molecule has 4 aromatic rings. The Morgan fingerprint density at radius 2 is 0.833 bits per heavy atom. The second-order valence-electron chi connectivity index (χ2n) is 6.65. The summed E-state index contributed by atoms with van der Waals surface area (Å²) in [4.78, 5) is 0. The quantitative estimate of drug-likeness (QED) is 0.363. The number of hydrogen-bond donors (Lipinski definition) is 1. The lowest BCUT2D eigenvalue weighted by Gasteiger charge is -2.09. The Bertz CT molecular complexity index is 1070. The first-order valence-electron chi connectivity index (χ1n) is 9.78. The van der Waals surface area contributed by atoms with Gasteiger partial charge < -0.3 is 19.3 Å². The van der Waals surface area contributed by atoms with Crippen LogP contribution in [-0.4, -0.2) is 11.7 Å². The minimum Gasteiger partial charge on any atom is -0.508 e. The monoisotopic (exact) mass is 398 g/mol. The Kier molecular flexibility index (Phi) is 5.85. The van der Waals surface area contributed by atoms with Crippen molar-refractivity contribution >= 4 is 0 Å². The number of hydrogen-bond acceptors (Lipinski definition) is 4. The van der Waals surface area contributed by atoms with Gasteiger partial charge in [0.15, 0.2) is 0 Å². The number of benzene rings is 4. The zero-order chi connectivity index (χ0) is 20.8. The van der Waals surface area contributed by atoms with Crippen molar-refractivity contribution in [2.24, 2.45) is 0 Å². The average molecular weight is 398 g/mol. The van der Waals surface area contributed by atoms with E-state index in [1.54, 1.807) is 24.3 Å². The van der Waals surface area contributed by atoms with Crippen LogP contribution in [0.25, 0.3) is 11.1 Å². The predicted molar refractivity (Wildman–Crippen MR) is 118 cm³/mol. The molecule has 0 aliphatic carbocycles. The van der Waals surface area contributed by atoms with Gasteiger partial charge in [0.25, 0.3) is 0 Å². The van der Waals surface area contributed by atoms with Gasteiger partial charge in [-0.3, -0.25) is 0 Å². The molecule has 4 nitrogen and oxygen atoms in total. The van der Waals surface area contributed by atoms with Crippen LogP contribution in [0.15, 0.2) is 97.1 Å². The highest BCUT2D eigenvalue weighted by atomic mass is 16.5. The second kappa shape index (κ2) is 9.05. The first-order chi connectivity index (χ1) is 14.7. The van der Waals surface area contributed by atoms with E-state index in [9.17, 15) is 5.11 Å². The highest BCUT2D eigenvalue weighted by Gasteiger charge is 2.03. The van der Waals surface area contributed by atoms with E-state index in [-0.39, 0.29) is 5.75 Å². The summed E-state index contributed by atoms with van der Waals surface area (Å²) in [5, 5.41) is 9.35. The van der Waals surface area contributed by atoms with E-state index < -0.39 is 0 Å². The fraction of sp³-hybridized carbons (Fsp3) is 0.0769. The SMILES string of the molecule is CCOc1ccc(Oc2ccc(-c3ccc(Oc4ccc(O)cc4)cc3)cc2)cc1. The van der Waals surface area contributed by atoms with Gasteiger partial charge in [-0.25, -0.2) is 0 Å². The van der Waals surface area contributed by atoms with E-state index in [0.717, 1.165) is 34.1 Å². The third kappa shape index (κ3) is 4.92. The van der Waals surface area contributed by atoms with Gasteiger partial charge in [0.05, 0.1) is 6.61 Å². The maximum atomic E-state index is 9.35. The first kappa shape index (κ1) is 19.4. The number of rotatable bonds is 7. The highest BCUT2D eigenvalue weighted by molar-refractivity contribution is 5.65. The molecule has 4 heteroatoms. The van der Waals surface area contributed by atoms with Gasteiger partial charge in [-0.05, 0) is 90.8 Å². The summed E-state index contributed by atoms with van der Waals surface area (Å²) >= 11 is 0. The van der Waals surface area contributed by atoms with E-state index >= 15 is 0 Å². The van der Waals surface area contributed by atoms with Crippen LogP contribution < -0.4 is 14.2 Å². The normalized spacial score (nSPS) is 10.4. The minimum absolute atomic E-state index is 0.215. The fourth-order valence-corrected chi connectivity index (χ4v) is 2.99. The summed E-state index contributed by atoms with van der Waals surface area (Å²) in [6.07, 6.45) is 0. The van der Waals surface area contributed by atoms with Gasteiger partial charge in [0.1, 0.15) is 34.5 Å². The van der Waals surface area contributed by atoms with Crippen molar-refractivity contribution in [3.8, 4) is 45.6 Å². The molecule has 0 aromatic heterocycles. The largest absolute Gasteiger partial charge is 0.508 e. The molecule has 150 valence electrons. The molecule has 0 aliphatic heterocycles. The zero-order valence-corrected chi connectivity index (χ0v) is 16.6. The summed E-state index contributed by atoms with van der Waals surface area (Å²) in [5.74, 6) is 4.00. The second-order valence-corrected chi connectivity index (χ2v) is 6.65. The Morgan fingerprint density at radius 1 is 0.500 bits per heavy atom. The Balaban J connectivity index is 1.40. The third-order valence-electron chi connectivity index (χ3n) is 4.48. The molecule has 4 rings (SSSR count). The van der Waals surface area contributed by atoms with Crippen LogP contribution in [0.2, 0.25) is 0 Å². The molecule has 4 aromatic carbocycles. The molecule has 0 amide bonds. The summed E-state index contributed by atoms with van der Waals surface area (Å²) in [6.45, 7) is 2.60. The van der Waals surface area contributed by atoms with Gasteiger partial charge >= 0.3 is 0 Å². The lowest BCUT2D eigenvalue weighted by Crippen LogP contribution is -1.91. The van der Waals surface area contributed by atoms with E-state index in [4.69, 9.17) is 14.2 Å². The van der Waals surface area contributed by atoms with Gasteiger partial charge in [-0.15, -0.1) is 0 Å². The van der Waals surface area contributed by atoms with Crippen LogP contribution in [0.4, 0.5) is 0 Å². The maximum Gasteiger partial charge on any atom is 0.127 e. The summed E-state index contributed by atoms with van der Waals surface area (Å²) in [5.41, 5.74) is 2.17. The van der Waals surface area contributed by atoms with Gasteiger partial charge in [0, 0.05) is 0 Å².